The number of hydrogen-bond donors (Lipinski definition) is 2. The molecule has 3 N–H and O–H groups in total. The third kappa shape index (κ3) is 2.06. The fourth-order valence-electron chi connectivity index (χ4n) is 1.58. The highest BCUT2D eigenvalue weighted by Crippen LogP contribution is 2.23. The first kappa shape index (κ1) is 10.7. The highest BCUT2D eigenvalue weighted by Gasteiger charge is 2.06. The maximum Gasteiger partial charge on any atom is 0.145 e. The summed E-state index contributed by atoms with van der Waals surface area (Å²) in [6.07, 6.45) is 0.0835. The smallest absolute Gasteiger partial charge is 0.145 e. The average Bonchev–Trinajstić information content (AvgIpc) is 2.75. The van der Waals surface area contributed by atoms with E-state index < -0.39 is 0 Å². The molecule has 1 unspecified atom stereocenters. The van der Waals surface area contributed by atoms with Crippen molar-refractivity contribution in [3.8, 4) is 11.3 Å². The van der Waals surface area contributed by atoms with E-state index in [1.807, 2.05) is 31.2 Å². The van der Waals surface area contributed by atoms with Gasteiger partial charge in [-0.15, -0.1) is 0 Å². The normalized spacial score (nSPS) is 12.6. The molecule has 1 aromatic heterocycles. The highest BCUT2D eigenvalue weighted by molar-refractivity contribution is 5.62. The van der Waals surface area contributed by atoms with E-state index in [9.17, 15) is 0 Å². The molecule has 0 aliphatic rings. The molecule has 4 nitrogen and oxygen atoms in total. The Morgan fingerprint density at radius 1 is 1.38 bits per heavy atom. The van der Waals surface area contributed by atoms with Crippen LogP contribution in [0.5, 0.6) is 0 Å². The second kappa shape index (κ2) is 4.37. The van der Waals surface area contributed by atoms with E-state index in [1.54, 1.807) is 7.11 Å². The Morgan fingerprint density at radius 3 is 2.81 bits per heavy atom. The SMILES string of the molecule is COC(C)c1cccc(-c2cc(N)n[nH]2)c1. The molecular formula is C12H15N3O. The second-order valence-electron chi connectivity index (χ2n) is 3.71. The van der Waals surface area contributed by atoms with Crippen molar-refractivity contribution >= 4 is 5.82 Å². The minimum absolute atomic E-state index is 0.0835. The van der Waals surface area contributed by atoms with Gasteiger partial charge in [-0.25, -0.2) is 0 Å². The number of aromatic amines is 1. The summed E-state index contributed by atoms with van der Waals surface area (Å²) in [6.45, 7) is 2.01. The number of nitrogens with two attached hydrogens (primary N) is 1. The maximum atomic E-state index is 5.57. The van der Waals surface area contributed by atoms with E-state index in [1.165, 1.54) is 0 Å². The third-order valence-electron chi connectivity index (χ3n) is 2.62. The first-order valence-corrected chi connectivity index (χ1v) is 5.14. The van der Waals surface area contributed by atoms with Crippen LogP contribution in [0, 0.1) is 0 Å². The summed E-state index contributed by atoms with van der Waals surface area (Å²) < 4.78 is 5.28. The lowest BCUT2D eigenvalue weighted by Gasteiger charge is -2.10. The molecule has 0 aliphatic heterocycles. The average molecular weight is 217 g/mol. The lowest BCUT2D eigenvalue weighted by molar-refractivity contribution is 0.119. The van der Waals surface area contributed by atoms with Crippen molar-refractivity contribution in [1.29, 1.82) is 0 Å². The number of nitrogens with one attached hydrogen (secondary N) is 1. The number of methoxy groups -OCH3 is 1. The Kier molecular flexibility index (Phi) is 2.92. The zero-order valence-corrected chi connectivity index (χ0v) is 9.40. The summed E-state index contributed by atoms with van der Waals surface area (Å²) in [5.74, 6) is 0.500. The van der Waals surface area contributed by atoms with Gasteiger partial charge in [0.1, 0.15) is 5.82 Å². The summed E-state index contributed by atoms with van der Waals surface area (Å²) in [5.41, 5.74) is 8.69. The van der Waals surface area contributed by atoms with E-state index in [0.717, 1.165) is 16.8 Å². The highest BCUT2D eigenvalue weighted by atomic mass is 16.5. The van der Waals surface area contributed by atoms with E-state index in [2.05, 4.69) is 16.3 Å². The molecule has 0 saturated carbocycles. The van der Waals surface area contributed by atoms with Gasteiger partial charge in [-0.2, -0.15) is 5.10 Å². The Hall–Kier alpha value is -1.81. The van der Waals surface area contributed by atoms with Crippen molar-refractivity contribution in [3.05, 3.63) is 35.9 Å². The number of benzene rings is 1. The fraction of sp³-hybridized carbons (Fsp3) is 0.250. The predicted molar refractivity (Wildman–Crippen MR) is 63.9 cm³/mol. The van der Waals surface area contributed by atoms with Crippen molar-refractivity contribution in [2.24, 2.45) is 0 Å². The number of ether oxygens (including phenoxy) is 1. The van der Waals surface area contributed by atoms with E-state index in [4.69, 9.17) is 10.5 Å². The van der Waals surface area contributed by atoms with E-state index in [-0.39, 0.29) is 6.10 Å². The van der Waals surface area contributed by atoms with Crippen LogP contribution in [0.1, 0.15) is 18.6 Å². The Balaban J connectivity index is 2.36. The van der Waals surface area contributed by atoms with Gasteiger partial charge in [0.15, 0.2) is 0 Å². The van der Waals surface area contributed by atoms with Gasteiger partial charge in [-0.05, 0) is 24.1 Å². The molecule has 2 rings (SSSR count). The minimum Gasteiger partial charge on any atom is -0.382 e. The van der Waals surface area contributed by atoms with Gasteiger partial charge in [0.25, 0.3) is 0 Å². The Labute approximate surface area is 94.4 Å². The number of anilines is 1. The van der Waals surface area contributed by atoms with Crippen LogP contribution in [0.25, 0.3) is 11.3 Å². The van der Waals surface area contributed by atoms with E-state index in [0.29, 0.717) is 5.82 Å². The molecule has 84 valence electrons. The van der Waals surface area contributed by atoms with Crippen LogP contribution in [0.3, 0.4) is 0 Å². The molecule has 0 amide bonds. The molecule has 1 heterocycles. The van der Waals surface area contributed by atoms with Crippen LogP contribution < -0.4 is 5.73 Å². The van der Waals surface area contributed by atoms with Crippen molar-refractivity contribution in [2.75, 3.05) is 12.8 Å². The van der Waals surface area contributed by atoms with Crippen LogP contribution in [0.2, 0.25) is 0 Å². The van der Waals surface area contributed by atoms with Gasteiger partial charge in [0.05, 0.1) is 11.8 Å². The molecule has 1 aromatic carbocycles. The summed E-state index contributed by atoms with van der Waals surface area (Å²) in [5, 5.41) is 6.80. The summed E-state index contributed by atoms with van der Waals surface area (Å²) in [7, 11) is 1.70. The number of nitrogen functional groups attached to an aromatic ring is 1. The van der Waals surface area contributed by atoms with Crippen molar-refractivity contribution < 1.29 is 4.74 Å². The first-order chi connectivity index (χ1) is 7.70. The quantitative estimate of drug-likeness (QED) is 0.829. The van der Waals surface area contributed by atoms with Crippen LogP contribution in [-0.2, 0) is 4.74 Å². The zero-order chi connectivity index (χ0) is 11.5. The molecule has 1 atom stereocenters. The third-order valence-corrected chi connectivity index (χ3v) is 2.62. The molecule has 0 aliphatic carbocycles. The zero-order valence-electron chi connectivity index (χ0n) is 9.40. The predicted octanol–water partition coefficient (Wildman–Crippen LogP) is 2.37. The van der Waals surface area contributed by atoms with Crippen LogP contribution >= 0.6 is 0 Å². The molecule has 2 aromatic rings. The standard InChI is InChI=1S/C12H15N3O/c1-8(16-2)9-4-3-5-10(6-9)11-7-12(13)15-14-11/h3-8H,1-2H3,(H3,13,14,15). The number of rotatable bonds is 3. The summed E-state index contributed by atoms with van der Waals surface area (Å²) in [6, 6.07) is 9.94. The molecule has 0 bridgehead atoms. The number of aromatic nitrogens is 2. The molecule has 0 spiro atoms. The number of H-pyrrole nitrogens is 1. The van der Waals surface area contributed by atoms with Crippen molar-refractivity contribution in [1.82, 2.24) is 10.2 Å². The van der Waals surface area contributed by atoms with Crippen molar-refractivity contribution in [3.63, 3.8) is 0 Å². The topological polar surface area (TPSA) is 63.9 Å². The molecular weight excluding hydrogens is 202 g/mol. The van der Waals surface area contributed by atoms with Crippen LogP contribution in [0.4, 0.5) is 5.82 Å². The molecule has 0 fully saturated rings. The summed E-state index contributed by atoms with van der Waals surface area (Å²) in [4.78, 5) is 0. The minimum atomic E-state index is 0.0835. The number of hydrogen-bond acceptors (Lipinski definition) is 3. The largest absolute Gasteiger partial charge is 0.382 e. The van der Waals surface area contributed by atoms with Gasteiger partial charge in [-0.1, -0.05) is 18.2 Å². The molecule has 0 saturated heterocycles. The Bertz CT molecular complexity index is 479. The fourth-order valence-corrected chi connectivity index (χ4v) is 1.58. The monoisotopic (exact) mass is 217 g/mol. The van der Waals surface area contributed by atoms with Gasteiger partial charge in [0.2, 0.25) is 0 Å². The van der Waals surface area contributed by atoms with Gasteiger partial charge in [-0.3, -0.25) is 5.10 Å². The molecule has 0 radical (unpaired) electrons. The second-order valence-corrected chi connectivity index (χ2v) is 3.71. The van der Waals surface area contributed by atoms with Gasteiger partial charge < -0.3 is 10.5 Å². The molecule has 16 heavy (non-hydrogen) atoms. The van der Waals surface area contributed by atoms with Gasteiger partial charge in [0, 0.05) is 13.2 Å². The van der Waals surface area contributed by atoms with Gasteiger partial charge >= 0.3 is 0 Å². The first-order valence-electron chi connectivity index (χ1n) is 5.14. The summed E-state index contributed by atoms with van der Waals surface area (Å²) >= 11 is 0. The Morgan fingerprint density at radius 2 is 2.19 bits per heavy atom. The van der Waals surface area contributed by atoms with Crippen molar-refractivity contribution in [2.45, 2.75) is 13.0 Å². The molecule has 4 heteroatoms. The van der Waals surface area contributed by atoms with Crippen LogP contribution in [0.15, 0.2) is 30.3 Å². The lowest BCUT2D eigenvalue weighted by atomic mass is 10.1. The maximum absolute atomic E-state index is 5.57. The lowest BCUT2D eigenvalue weighted by Crippen LogP contribution is -1.95. The number of nitrogens with zero attached hydrogens (tertiary/aromatic N) is 1. The van der Waals surface area contributed by atoms with Crippen LogP contribution in [-0.4, -0.2) is 17.3 Å². The van der Waals surface area contributed by atoms with E-state index >= 15 is 0 Å².